The van der Waals surface area contributed by atoms with Crippen LogP contribution in [0, 0.1) is 0 Å². The van der Waals surface area contributed by atoms with Gasteiger partial charge < -0.3 is 19.5 Å². The SMILES string of the molecule is COCCOCCNc1ccc(OC(C)C)cc1. The summed E-state index contributed by atoms with van der Waals surface area (Å²) in [6, 6.07) is 7.95. The molecule has 0 radical (unpaired) electrons. The summed E-state index contributed by atoms with van der Waals surface area (Å²) in [6.45, 7) is 6.77. The molecule has 0 fully saturated rings. The van der Waals surface area contributed by atoms with Crippen LogP contribution in [0.2, 0.25) is 0 Å². The molecule has 0 amide bonds. The summed E-state index contributed by atoms with van der Waals surface area (Å²) in [6.07, 6.45) is 0.206. The highest BCUT2D eigenvalue weighted by Gasteiger charge is 1.97. The number of methoxy groups -OCH3 is 1. The van der Waals surface area contributed by atoms with Gasteiger partial charge in [0.2, 0.25) is 0 Å². The van der Waals surface area contributed by atoms with Gasteiger partial charge in [-0.1, -0.05) is 0 Å². The van der Waals surface area contributed by atoms with Crippen LogP contribution in [0.4, 0.5) is 5.69 Å². The average molecular weight is 253 g/mol. The van der Waals surface area contributed by atoms with Crippen molar-refractivity contribution in [3.05, 3.63) is 24.3 Å². The first-order valence-electron chi connectivity index (χ1n) is 6.29. The van der Waals surface area contributed by atoms with Crippen molar-refractivity contribution in [2.24, 2.45) is 0 Å². The quantitative estimate of drug-likeness (QED) is 0.687. The molecule has 0 saturated carbocycles. The highest BCUT2D eigenvalue weighted by molar-refractivity contribution is 5.46. The summed E-state index contributed by atoms with van der Waals surface area (Å²) in [7, 11) is 1.67. The van der Waals surface area contributed by atoms with Gasteiger partial charge in [0.05, 0.1) is 25.9 Å². The zero-order valence-corrected chi connectivity index (χ0v) is 11.4. The van der Waals surface area contributed by atoms with Gasteiger partial charge in [-0.15, -0.1) is 0 Å². The maximum atomic E-state index is 5.57. The molecule has 0 bridgehead atoms. The first-order chi connectivity index (χ1) is 8.72. The Kier molecular flexibility index (Phi) is 7.22. The highest BCUT2D eigenvalue weighted by Crippen LogP contribution is 2.16. The molecule has 1 rings (SSSR count). The van der Waals surface area contributed by atoms with Crippen LogP contribution < -0.4 is 10.1 Å². The van der Waals surface area contributed by atoms with Gasteiger partial charge in [-0.3, -0.25) is 0 Å². The Labute approximate surface area is 109 Å². The van der Waals surface area contributed by atoms with Gasteiger partial charge in [0.1, 0.15) is 5.75 Å². The molecule has 102 valence electrons. The summed E-state index contributed by atoms with van der Waals surface area (Å²) in [5.74, 6) is 0.895. The smallest absolute Gasteiger partial charge is 0.119 e. The second-order valence-corrected chi connectivity index (χ2v) is 4.22. The Morgan fingerprint density at radius 3 is 2.39 bits per heavy atom. The lowest BCUT2D eigenvalue weighted by atomic mass is 10.3. The molecule has 1 N–H and O–H groups in total. The molecule has 1 aromatic carbocycles. The number of hydrogen-bond acceptors (Lipinski definition) is 4. The van der Waals surface area contributed by atoms with E-state index in [-0.39, 0.29) is 6.10 Å². The van der Waals surface area contributed by atoms with Crippen LogP contribution in [0.25, 0.3) is 0 Å². The number of hydrogen-bond donors (Lipinski definition) is 1. The largest absolute Gasteiger partial charge is 0.491 e. The van der Waals surface area contributed by atoms with Crippen LogP contribution in [0.1, 0.15) is 13.8 Å². The van der Waals surface area contributed by atoms with Gasteiger partial charge in [0, 0.05) is 19.3 Å². The number of ether oxygens (including phenoxy) is 3. The summed E-state index contributed by atoms with van der Waals surface area (Å²) in [5, 5.41) is 3.28. The summed E-state index contributed by atoms with van der Waals surface area (Å²) in [5.41, 5.74) is 1.07. The van der Waals surface area contributed by atoms with E-state index >= 15 is 0 Å². The first-order valence-corrected chi connectivity index (χ1v) is 6.29. The van der Waals surface area contributed by atoms with E-state index in [1.807, 2.05) is 38.1 Å². The minimum atomic E-state index is 0.206. The maximum Gasteiger partial charge on any atom is 0.119 e. The van der Waals surface area contributed by atoms with Gasteiger partial charge in [-0.25, -0.2) is 0 Å². The number of rotatable bonds is 9. The monoisotopic (exact) mass is 253 g/mol. The van der Waals surface area contributed by atoms with E-state index < -0.39 is 0 Å². The highest BCUT2D eigenvalue weighted by atomic mass is 16.5. The maximum absolute atomic E-state index is 5.57. The number of anilines is 1. The minimum absolute atomic E-state index is 0.206. The van der Waals surface area contributed by atoms with E-state index in [1.54, 1.807) is 7.11 Å². The van der Waals surface area contributed by atoms with Crippen molar-refractivity contribution in [1.82, 2.24) is 0 Å². The predicted molar refractivity (Wildman–Crippen MR) is 73.4 cm³/mol. The van der Waals surface area contributed by atoms with Crippen molar-refractivity contribution in [2.45, 2.75) is 20.0 Å². The Hall–Kier alpha value is -1.26. The minimum Gasteiger partial charge on any atom is -0.491 e. The molecular weight excluding hydrogens is 230 g/mol. The van der Waals surface area contributed by atoms with Gasteiger partial charge in [0.25, 0.3) is 0 Å². The zero-order chi connectivity index (χ0) is 13.2. The van der Waals surface area contributed by atoms with Gasteiger partial charge in [-0.05, 0) is 38.1 Å². The van der Waals surface area contributed by atoms with E-state index in [2.05, 4.69) is 5.32 Å². The van der Waals surface area contributed by atoms with Crippen LogP contribution in [0.15, 0.2) is 24.3 Å². The third kappa shape index (κ3) is 6.47. The summed E-state index contributed by atoms with van der Waals surface area (Å²) >= 11 is 0. The van der Waals surface area contributed by atoms with E-state index in [4.69, 9.17) is 14.2 Å². The normalized spacial score (nSPS) is 10.7. The molecule has 0 saturated heterocycles. The van der Waals surface area contributed by atoms with E-state index in [9.17, 15) is 0 Å². The van der Waals surface area contributed by atoms with Crippen LogP contribution in [0.3, 0.4) is 0 Å². The van der Waals surface area contributed by atoms with Crippen LogP contribution in [0.5, 0.6) is 5.75 Å². The van der Waals surface area contributed by atoms with Crippen molar-refractivity contribution in [3.8, 4) is 5.75 Å². The Balaban J connectivity index is 2.18. The van der Waals surface area contributed by atoms with E-state index in [0.29, 0.717) is 19.8 Å². The fraction of sp³-hybridized carbons (Fsp3) is 0.571. The third-order valence-corrected chi connectivity index (χ3v) is 2.23. The first kappa shape index (κ1) is 14.8. The summed E-state index contributed by atoms with van der Waals surface area (Å²) in [4.78, 5) is 0. The van der Waals surface area contributed by atoms with Crippen molar-refractivity contribution in [2.75, 3.05) is 38.8 Å². The molecule has 0 unspecified atom stereocenters. The van der Waals surface area contributed by atoms with Crippen molar-refractivity contribution < 1.29 is 14.2 Å². The molecule has 0 aromatic heterocycles. The molecule has 0 heterocycles. The van der Waals surface area contributed by atoms with Gasteiger partial charge in [0.15, 0.2) is 0 Å². The van der Waals surface area contributed by atoms with Crippen LogP contribution in [-0.4, -0.2) is 39.6 Å². The molecule has 0 atom stereocenters. The van der Waals surface area contributed by atoms with Crippen molar-refractivity contribution in [1.29, 1.82) is 0 Å². The lowest BCUT2D eigenvalue weighted by molar-refractivity contribution is 0.0759. The fourth-order valence-corrected chi connectivity index (χ4v) is 1.44. The van der Waals surface area contributed by atoms with Crippen LogP contribution >= 0.6 is 0 Å². The topological polar surface area (TPSA) is 39.7 Å². The Bertz CT molecular complexity index is 311. The molecule has 18 heavy (non-hydrogen) atoms. The molecule has 1 aromatic rings. The third-order valence-electron chi connectivity index (χ3n) is 2.23. The zero-order valence-electron chi connectivity index (χ0n) is 11.4. The molecule has 0 aliphatic carbocycles. The second kappa shape index (κ2) is 8.78. The number of nitrogens with one attached hydrogen (secondary N) is 1. The standard InChI is InChI=1S/C14H23NO3/c1-12(2)18-14-6-4-13(5-7-14)15-8-9-17-11-10-16-3/h4-7,12,15H,8-11H2,1-3H3. The lowest BCUT2D eigenvalue weighted by Crippen LogP contribution is -2.12. The molecule has 0 aliphatic heterocycles. The molecular formula is C14H23NO3. The number of benzene rings is 1. The average Bonchev–Trinajstić information content (AvgIpc) is 2.35. The fourth-order valence-electron chi connectivity index (χ4n) is 1.44. The lowest BCUT2D eigenvalue weighted by Gasteiger charge is -2.11. The van der Waals surface area contributed by atoms with E-state index in [0.717, 1.165) is 18.0 Å². The van der Waals surface area contributed by atoms with Gasteiger partial charge in [-0.2, -0.15) is 0 Å². The van der Waals surface area contributed by atoms with Crippen molar-refractivity contribution >= 4 is 5.69 Å². The summed E-state index contributed by atoms with van der Waals surface area (Å²) < 4.78 is 15.8. The molecule has 0 spiro atoms. The molecule has 4 heteroatoms. The molecule has 4 nitrogen and oxygen atoms in total. The molecule has 0 aliphatic rings. The Morgan fingerprint density at radius 2 is 1.78 bits per heavy atom. The predicted octanol–water partition coefficient (Wildman–Crippen LogP) is 2.55. The Morgan fingerprint density at radius 1 is 1.06 bits per heavy atom. The van der Waals surface area contributed by atoms with Gasteiger partial charge >= 0.3 is 0 Å². The second-order valence-electron chi connectivity index (χ2n) is 4.22. The van der Waals surface area contributed by atoms with Crippen LogP contribution in [-0.2, 0) is 9.47 Å². The van der Waals surface area contributed by atoms with E-state index in [1.165, 1.54) is 0 Å². The van der Waals surface area contributed by atoms with Crippen molar-refractivity contribution in [3.63, 3.8) is 0 Å².